The molecule has 0 saturated heterocycles. The van der Waals surface area contributed by atoms with E-state index in [1.165, 1.54) is 0 Å². The molecule has 0 unspecified atom stereocenters. The lowest BCUT2D eigenvalue weighted by molar-refractivity contribution is 0.0992. The van der Waals surface area contributed by atoms with Crippen LogP contribution in [-0.4, -0.2) is 22.7 Å². The van der Waals surface area contributed by atoms with Crippen molar-refractivity contribution in [1.82, 2.24) is 9.78 Å². The van der Waals surface area contributed by atoms with Crippen LogP contribution in [0.4, 0.5) is 11.4 Å². The summed E-state index contributed by atoms with van der Waals surface area (Å²) in [5.74, 6) is -0.0784. The molecule has 0 aliphatic carbocycles. The Morgan fingerprint density at radius 3 is 2.44 bits per heavy atom. The van der Waals surface area contributed by atoms with Crippen LogP contribution >= 0.6 is 0 Å². The van der Waals surface area contributed by atoms with Gasteiger partial charge in [-0.15, -0.1) is 0 Å². The van der Waals surface area contributed by atoms with Crippen molar-refractivity contribution in [3.63, 3.8) is 0 Å². The first kappa shape index (κ1) is 12.2. The molecule has 0 bridgehead atoms. The molecule has 5 nitrogen and oxygen atoms in total. The summed E-state index contributed by atoms with van der Waals surface area (Å²) in [5, 5.41) is 4.08. The number of carbonyl (C=O) groups excluding carboxylic acids is 1. The van der Waals surface area contributed by atoms with Gasteiger partial charge in [0.1, 0.15) is 0 Å². The Balaban J connectivity index is 2.29. The van der Waals surface area contributed by atoms with Crippen LogP contribution in [0.25, 0.3) is 0 Å². The molecule has 94 valence electrons. The molecule has 0 atom stereocenters. The first-order valence-corrected chi connectivity index (χ1v) is 5.63. The molecule has 18 heavy (non-hydrogen) atoms. The fourth-order valence-electron chi connectivity index (χ4n) is 1.70. The lowest BCUT2D eigenvalue weighted by Gasteiger charge is -2.17. The Morgan fingerprint density at radius 1 is 1.33 bits per heavy atom. The number of nitrogen functional groups attached to an aromatic ring is 1. The number of anilines is 2. The largest absolute Gasteiger partial charge is 0.399 e. The average Bonchev–Trinajstić information content (AvgIpc) is 2.69. The Morgan fingerprint density at radius 2 is 1.94 bits per heavy atom. The molecule has 2 rings (SSSR count). The highest BCUT2D eigenvalue weighted by molar-refractivity contribution is 6.06. The van der Waals surface area contributed by atoms with Crippen LogP contribution < -0.4 is 10.6 Å². The smallest absolute Gasteiger partial charge is 0.261 e. The van der Waals surface area contributed by atoms with E-state index in [1.807, 2.05) is 26.1 Å². The predicted molar refractivity (Wildman–Crippen MR) is 71.5 cm³/mol. The van der Waals surface area contributed by atoms with Crippen molar-refractivity contribution >= 4 is 17.3 Å². The first-order valence-electron chi connectivity index (χ1n) is 5.63. The van der Waals surface area contributed by atoms with Crippen LogP contribution in [0.1, 0.15) is 16.1 Å². The highest BCUT2D eigenvalue weighted by Crippen LogP contribution is 2.18. The van der Waals surface area contributed by atoms with Crippen LogP contribution in [0.15, 0.2) is 30.5 Å². The van der Waals surface area contributed by atoms with Crippen molar-refractivity contribution in [2.45, 2.75) is 6.92 Å². The Bertz CT molecular complexity index is 571. The number of carbonyl (C=O) groups is 1. The number of nitrogens with zero attached hydrogens (tertiary/aromatic N) is 3. The van der Waals surface area contributed by atoms with Crippen molar-refractivity contribution < 1.29 is 4.79 Å². The van der Waals surface area contributed by atoms with E-state index in [2.05, 4.69) is 5.10 Å². The van der Waals surface area contributed by atoms with Gasteiger partial charge in [0, 0.05) is 31.2 Å². The van der Waals surface area contributed by atoms with Gasteiger partial charge in [0.25, 0.3) is 5.91 Å². The fraction of sp³-hybridized carbons (Fsp3) is 0.231. The summed E-state index contributed by atoms with van der Waals surface area (Å²) in [5.41, 5.74) is 8.56. The zero-order chi connectivity index (χ0) is 13.3. The highest BCUT2D eigenvalue weighted by Gasteiger charge is 2.18. The van der Waals surface area contributed by atoms with Gasteiger partial charge in [-0.2, -0.15) is 5.10 Å². The molecule has 1 aromatic heterocycles. The minimum absolute atomic E-state index is 0.0784. The van der Waals surface area contributed by atoms with E-state index in [-0.39, 0.29) is 5.91 Å². The summed E-state index contributed by atoms with van der Waals surface area (Å²) < 4.78 is 1.68. The van der Waals surface area contributed by atoms with Gasteiger partial charge in [-0.1, -0.05) is 0 Å². The van der Waals surface area contributed by atoms with Gasteiger partial charge in [-0.25, -0.2) is 0 Å². The third-order valence-electron chi connectivity index (χ3n) is 3.05. The lowest BCUT2D eigenvalue weighted by Crippen LogP contribution is -2.26. The van der Waals surface area contributed by atoms with Gasteiger partial charge in [0.15, 0.2) is 0 Å². The number of hydrogen-bond acceptors (Lipinski definition) is 3. The Kier molecular flexibility index (Phi) is 3.06. The number of aryl methyl sites for hydroxylation is 1. The second-order valence-corrected chi connectivity index (χ2v) is 4.22. The molecule has 0 saturated carbocycles. The van der Waals surface area contributed by atoms with Gasteiger partial charge in [0.05, 0.1) is 11.8 Å². The van der Waals surface area contributed by atoms with Crippen LogP contribution in [-0.2, 0) is 7.05 Å². The monoisotopic (exact) mass is 244 g/mol. The van der Waals surface area contributed by atoms with Crippen molar-refractivity contribution in [2.24, 2.45) is 7.05 Å². The maximum atomic E-state index is 12.3. The number of amides is 1. The average molecular weight is 244 g/mol. The third kappa shape index (κ3) is 2.07. The molecule has 2 aromatic rings. The number of aromatic nitrogens is 2. The van der Waals surface area contributed by atoms with Crippen molar-refractivity contribution in [3.05, 3.63) is 41.7 Å². The van der Waals surface area contributed by atoms with Crippen molar-refractivity contribution in [2.75, 3.05) is 17.7 Å². The molecule has 0 aliphatic heterocycles. The van der Waals surface area contributed by atoms with Gasteiger partial charge in [-0.3, -0.25) is 9.48 Å². The van der Waals surface area contributed by atoms with E-state index in [4.69, 9.17) is 5.73 Å². The van der Waals surface area contributed by atoms with Crippen LogP contribution in [0, 0.1) is 6.92 Å². The van der Waals surface area contributed by atoms with Crippen LogP contribution in [0.5, 0.6) is 0 Å². The summed E-state index contributed by atoms with van der Waals surface area (Å²) in [6.45, 7) is 1.87. The summed E-state index contributed by atoms with van der Waals surface area (Å²) in [4.78, 5) is 13.9. The molecule has 0 spiro atoms. The van der Waals surface area contributed by atoms with E-state index in [0.29, 0.717) is 11.3 Å². The third-order valence-corrected chi connectivity index (χ3v) is 3.05. The molecule has 1 heterocycles. The maximum Gasteiger partial charge on any atom is 0.261 e. The molecule has 0 aliphatic rings. The van der Waals surface area contributed by atoms with Crippen molar-refractivity contribution in [1.29, 1.82) is 0 Å². The molecule has 1 aromatic carbocycles. The molecular formula is C13H16N4O. The maximum absolute atomic E-state index is 12.3. The molecule has 1 amide bonds. The predicted octanol–water partition coefficient (Wildman–Crippen LogP) is 1.59. The minimum atomic E-state index is -0.0784. The van der Waals surface area contributed by atoms with E-state index in [1.54, 1.807) is 35.0 Å². The summed E-state index contributed by atoms with van der Waals surface area (Å²) in [6.07, 6.45) is 1.59. The lowest BCUT2D eigenvalue weighted by atomic mass is 10.2. The van der Waals surface area contributed by atoms with Crippen molar-refractivity contribution in [3.8, 4) is 0 Å². The zero-order valence-corrected chi connectivity index (χ0v) is 10.7. The van der Waals surface area contributed by atoms with E-state index in [0.717, 1.165) is 11.4 Å². The number of hydrogen-bond donors (Lipinski definition) is 1. The Labute approximate surface area is 106 Å². The van der Waals surface area contributed by atoms with Gasteiger partial charge >= 0.3 is 0 Å². The Hall–Kier alpha value is -2.30. The minimum Gasteiger partial charge on any atom is -0.399 e. The highest BCUT2D eigenvalue weighted by atomic mass is 16.2. The normalized spacial score (nSPS) is 10.4. The SMILES string of the molecule is Cc1c(C(=O)N(C)c2ccc(N)cc2)cnn1C. The number of rotatable bonds is 2. The second kappa shape index (κ2) is 4.52. The number of nitrogens with two attached hydrogens (primary N) is 1. The van der Waals surface area contributed by atoms with Crippen LogP contribution in [0.2, 0.25) is 0 Å². The second-order valence-electron chi connectivity index (χ2n) is 4.22. The molecule has 5 heteroatoms. The van der Waals surface area contributed by atoms with Gasteiger partial charge in [0.2, 0.25) is 0 Å². The molecule has 0 radical (unpaired) electrons. The summed E-state index contributed by atoms with van der Waals surface area (Å²) >= 11 is 0. The first-order chi connectivity index (χ1) is 8.50. The molecular weight excluding hydrogens is 228 g/mol. The van der Waals surface area contributed by atoms with E-state index < -0.39 is 0 Å². The number of benzene rings is 1. The summed E-state index contributed by atoms with van der Waals surface area (Å²) in [6, 6.07) is 7.18. The molecule has 2 N–H and O–H groups in total. The van der Waals surface area contributed by atoms with Gasteiger partial charge in [-0.05, 0) is 31.2 Å². The standard InChI is InChI=1S/C13H16N4O/c1-9-12(8-15-17(9)3)13(18)16(2)11-6-4-10(14)5-7-11/h4-8H,14H2,1-3H3. The van der Waals surface area contributed by atoms with Gasteiger partial charge < -0.3 is 10.6 Å². The summed E-state index contributed by atoms with van der Waals surface area (Å²) in [7, 11) is 3.55. The quantitative estimate of drug-likeness (QED) is 0.816. The van der Waals surface area contributed by atoms with E-state index in [9.17, 15) is 4.79 Å². The topological polar surface area (TPSA) is 64.2 Å². The van der Waals surface area contributed by atoms with E-state index >= 15 is 0 Å². The molecule has 0 fully saturated rings. The van der Waals surface area contributed by atoms with Crippen LogP contribution in [0.3, 0.4) is 0 Å². The fourth-order valence-corrected chi connectivity index (χ4v) is 1.70. The zero-order valence-electron chi connectivity index (χ0n) is 10.7.